The molecule has 2 aromatic heterocycles. The van der Waals surface area contributed by atoms with Gasteiger partial charge in [-0.05, 0) is 49.6 Å². The van der Waals surface area contributed by atoms with Gasteiger partial charge in [0.05, 0.1) is 18.8 Å². The fourth-order valence-electron chi connectivity index (χ4n) is 4.76. The van der Waals surface area contributed by atoms with E-state index in [1.54, 1.807) is 25.1 Å². The summed E-state index contributed by atoms with van der Waals surface area (Å²) in [5, 5.41) is 9.17. The molecule has 1 saturated heterocycles. The Balaban J connectivity index is 1.43. The number of aryl methyl sites for hydroxylation is 1. The highest BCUT2D eigenvalue weighted by atomic mass is 35.5. The van der Waals surface area contributed by atoms with Crippen molar-refractivity contribution in [1.29, 1.82) is 0 Å². The molecule has 0 amide bonds. The van der Waals surface area contributed by atoms with Crippen molar-refractivity contribution >= 4 is 17.4 Å². The first-order valence-corrected chi connectivity index (χ1v) is 11.5. The Hall–Kier alpha value is -2.72. The monoisotopic (exact) mass is 494 g/mol. The molecule has 2 aliphatic rings. The molecule has 6 nitrogen and oxygen atoms in total. The van der Waals surface area contributed by atoms with Crippen LogP contribution in [0.25, 0.3) is 5.69 Å². The summed E-state index contributed by atoms with van der Waals surface area (Å²) in [6, 6.07) is 8.79. The van der Waals surface area contributed by atoms with Gasteiger partial charge in [0.25, 0.3) is 0 Å². The van der Waals surface area contributed by atoms with Crippen LogP contribution in [0.1, 0.15) is 41.5 Å². The maximum Gasteiger partial charge on any atom is 0.401 e. The Morgan fingerprint density at radius 1 is 1.06 bits per heavy atom. The molecular formula is C23H23ClF4N6. The molecule has 1 fully saturated rings. The lowest BCUT2D eigenvalue weighted by Gasteiger charge is -2.32. The number of piperidine rings is 1. The number of benzene rings is 1. The Morgan fingerprint density at radius 3 is 2.53 bits per heavy atom. The lowest BCUT2D eigenvalue weighted by molar-refractivity contribution is -0.148. The summed E-state index contributed by atoms with van der Waals surface area (Å²) in [4.78, 5) is 7.41. The first-order valence-electron chi connectivity index (χ1n) is 11.1. The third-order valence-electron chi connectivity index (χ3n) is 6.40. The fraction of sp³-hybridized carbons (Fsp3) is 0.435. The highest BCUT2D eigenvalue weighted by molar-refractivity contribution is 6.30. The van der Waals surface area contributed by atoms with E-state index in [0.29, 0.717) is 40.9 Å². The minimum Gasteiger partial charge on any atom is -0.356 e. The second kappa shape index (κ2) is 8.81. The molecule has 34 heavy (non-hydrogen) atoms. The number of alkyl halides is 3. The molecule has 2 aliphatic heterocycles. The Kier molecular flexibility index (Phi) is 5.97. The van der Waals surface area contributed by atoms with E-state index >= 15 is 0 Å². The van der Waals surface area contributed by atoms with Crippen molar-refractivity contribution in [2.45, 2.75) is 44.9 Å². The highest BCUT2D eigenvalue weighted by Gasteiger charge is 2.35. The highest BCUT2D eigenvalue weighted by Crippen LogP contribution is 2.35. The van der Waals surface area contributed by atoms with Gasteiger partial charge < -0.3 is 4.90 Å². The fourth-order valence-corrected chi connectivity index (χ4v) is 4.95. The van der Waals surface area contributed by atoms with E-state index < -0.39 is 18.7 Å². The van der Waals surface area contributed by atoms with Crippen molar-refractivity contribution in [2.75, 3.05) is 24.5 Å². The molecule has 0 radical (unpaired) electrons. The van der Waals surface area contributed by atoms with Crippen molar-refractivity contribution in [2.24, 2.45) is 0 Å². The number of nitrogens with zero attached hydrogens (tertiary/aromatic N) is 6. The third-order valence-corrected chi connectivity index (χ3v) is 6.64. The van der Waals surface area contributed by atoms with Crippen LogP contribution in [-0.4, -0.2) is 50.5 Å². The van der Waals surface area contributed by atoms with Gasteiger partial charge in [-0.15, -0.1) is 10.2 Å². The molecule has 3 aromatic rings. The van der Waals surface area contributed by atoms with Crippen LogP contribution in [0.3, 0.4) is 0 Å². The first kappa shape index (κ1) is 23.0. The second-order valence-corrected chi connectivity index (χ2v) is 9.32. The summed E-state index contributed by atoms with van der Waals surface area (Å²) >= 11 is 6.18. The molecule has 0 unspecified atom stereocenters. The van der Waals surface area contributed by atoms with Gasteiger partial charge in [0.15, 0.2) is 5.82 Å². The van der Waals surface area contributed by atoms with E-state index in [0.717, 1.165) is 24.4 Å². The van der Waals surface area contributed by atoms with Crippen LogP contribution >= 0.6 is 11.6 Å². The molecule has 11 heteroatoms. The topological polar surface area (TPSA) is 50.1 Å². The number of hydrogen-bond donors (Lipinski definition) is 0. The van der Waals surface area contributed by atoms with Crippen LogP contribution < -0.4 is 4.90 Å². The molecule has 5 rings (SSSR count). The van der Waals surface area contributed by atoms with Gasteiger partial charge in [0.2, 0.25) is 5.95 Å². The van der Waals surface area contributed by atoms with Gasteiger partial charge in [0.1, 0.15) is 11.6 Å². The first-order chi connectivity index (χ1) is 16.2. The minimum atomic E-state index is -4.33. The molecular weight excluding hydrogens is 472 g/mol. The third kappa shape index (κ3) is 4.61. The van der Waals surface area contributed by atoms with Gasteiger partial charge in [-0.3, -0.25) is 9.47 Å². The molecule has 4 heterocycles. The summed E-state index contributed by atoms with van der Waals surface area (Å²) in [6.07, 6.45) is -2.85. The van der Waals surface area contributed by atoms with E-state index in [9.17, 15) is 17.6 Å². The Bertz CT molecular complexity index is 1200. The molecule has 0 bridgehead atoms. The van der Waals surface area contributed by atoms with Crippen molar-refractivity contribution < 1.29 is 17.6 Å². The van der Waals surface area contributed by atoms with Crippen LogP contribution in [0.4, 0.5) is 23.4 Å². The summed E-state index contributed by atoms with van der Waals surface area (Å²) < 4.78 is 55.4. The van der Waals surface area contributed by atoms with Crippen molar-refractivity contribution in [1.82, 2.24) is 24.6 Å². The van der Waals surface area contributed by atoms with Gasteiger partial charge in [-0.1, -0.05) is 17.7 Å². The zero-order chi connectivity index (χ0) is 24.0. The molecule has 0 N–H and O–H groups in total. The predicted molar refractivity (Wildman–Crippen MR) is 120 cm³/mol. The predicted octanol–water partition coefficient (Wildman–Crippen LogP) is 5.03. The van der Waals surface area contributed by atoms with Gasteiger partial charge >= 0.3 is 6.18 Å². The average Bonchev–Trinajstić information content (AvgIpc) is 3.11. The summed E-state index contributed by atoms with van der Waals surface area (Å²) in [7, 11) is 0. The van der Waals surface area contributed by atoms with Crippen molar-refractivity contribution in [3.63, 3.8) is 0 Å². The quantitative estimate of drug-likeness (QED) is 0.378. The van der Waals surface area contributed by atoms with E-state index in [1.807, 2.05) is 21.6 Å². The summed E-state index contributed by atoms with van der Waals surface area (Å²) in [6.45, 7) is 2.10. The van der Waals surface area contributed by atoms with Crippen molar-refractivity contribution in [3.05, 3.63) is 64.1 Å². The zero-order valence-corrected chi connectivity index (χ0v) is 19.2. The molecule has 0 aliphatic carbocycles. The van der Waals surface area contributed by atoms with E-state index in [-0.39, 0.29) is 19.0 Å². The Labute approximate surface area is 199 Å². The second-order valence-electron chi connectivity index (χ2n) is 8.88. The van der Waals surface area contributed by atoms with Crippen LogP contribution in [0, 0.1) is 12.9 Å². The van der Waals surface area contributed by atoms with Crippen LogP contribution in [0.5, 0.6) is 0 Å². The lowest BCUT2D eigenvalue weighted by Crippen LogP contribution is -2.34. The maximum absolute atomic E-state index is 13.9. The summed E-state index contributed by atoms with van der Waals surface area (Å²) in [5.41, 5.74) is 1.96. The maximum atomic E-state index is 13.9. The number of pyridine rings is 1. The van der Waals surface area contributed by atoms with E-state index in [1.165, 1.54) is 4.90 Å². The zero-order valence-electron chi connectivity index (χ0n) is 18.5. The smallest absolute Gasteiger partial charge is 0.356 e. The minimum absolute atomic E-state index is 0.0320. The molecule has 0 spiro atoms. The van der Waals surface area contributed by atoms with E-state index in [4.69, 9.17) is 11.6 Å². The molecule has 1 aromatic carbocycles. The number of aromatic nitrogens is 4. The van der Waals surface area contributed by atoms with Gasteiger partial charge in [-0.2, -0.15) is 17.6 Å². The number of rotatable bonds is 3. The van der Waals surface area contributed by atoms with E-state index in [2.05, 4.69) is 15.2 Å². The number of anilines is 1. The van der Waals surface area contributed by atoms with Crippen LogP contribution in [-0.2, 0) is 13.1 Å². The van der Waals surface area contributed by atoms with Gasteiger partial charge in [0, 0.05) is 36.1 Å². The average molecular weight is 495 g/mol. The van der Waals surface area contributed by atoms with Gasteiger partial charge in [-0.25, -0.2) is 4.98 Å². The van der Waals surface area contributed by atoms with Crippen LogP contribution in [0.15, 0.2) is 30.3 Å². The lowest BCUT2D eigenvalue weighted by atomic mass is 9.95. The number of fused-ring (bicyclic) bond motifs is 3. The number of halogens is 5. The van der Waals surface area contributed by atoms with Crippen LogP contribution in [0.2, 0.25) is 5.02 Å². The Morgan fingerprint density at radius 2 is 1.82 bits per heavy atom. The van der Waals surface area contributed by atoms with Crippen molar-refractivity contribution in [3.8, 4) is 5.69 Å². The standard InChI is InChI=1S/C23H23ClF4N6/c1-14-2-5-19(29-21(14)25)33-8-6-15(7-9-33)22-31-30-20-12-32(13-23(26,27)28)11-16-10-17(24)3-4-18(16)34(20)22/h2-5,10,15H,6-9,11-13H2,1H3. The number of hydrogen-bond acceptors (Lipinski definition) is 5. The molecule has 180 valence electrons. The molecule has 0 atom stereocenters. The normalized spacial score (nSPS) is 17.4. The SMILES string of the molecule is Cc1ccc(N2CCC(c3nnc4n3-c3ccc(Cl)cc3CN(CC(F)(F)F)C4)CC2)nc1F. The largest absolute Gasteiger partial charge is 0.401 e. The molecule has 0 saturated carbocycles. The summed E-state index contributed by atoms with van der Waals surface area (Å²) in [5.74, 6) is 1.40.